The highest BCUT2D eigenvalue weighted by molar-refractivity contribution is 6.32. The summed E-state index contributed by atoms with van der Waals surface area (Å²) in [5, 5.41) is 9.34. The zero-order chi connectivity index (χ0) is 44.8. The molecule has 16 heteroatoms. The third kappa shape index (κ3) is 10.3. The van der Waals surface area contributed by atoms with Crippen LogP contribution in [0.25, 0.3) is 0 Å². The highest BCUT2D eigenvalue weighted by atomic mass is 35.5. The van der Waals surface area contributed by atoms with Gasteiger partial charge in [0.05, 0.1) is 32.3 Å². The van der Waals surface area contributed by atoms with Crippen molar-refractivity contribution in [2.75, 3.05) is 20.3 Å². The number of rotatable bonds is 20. The number of nitrogens with zero attached hydrogens (tertiary/aromatic N) is 3. The summed E-state index contributed by atoms with van der Waals surface area (Å²) in [5.41, 5.74) is 3.90. The second-order valence-corrected chi connectivity index (χ2v) is 17.1. The van der Waals surface area contributed by atoms with Crippen LogP contribution in [0.1, 0.15) is 66.8 Å². The van der Waals surface area contributed by atoms with E-state index in [4.69, 9.17) is 30.5 Å². The van der Waals surface area contributed by atoms with Crippen LogP contribution in [0.4, 0.5) is 13.6 Å². The summed E-state index contributed by atoms with van der Waals surface area (Å²) >= 11 is 5.91. The van der Waals surface area contributed by atoms with E-state index in [0.717, 1.165) is 59.4 Å². The number of aryl methyl sites for hydroxylation is 2. The topological polar surface area (TPSA) is 147 Å². The van der Waals surface area contributed by atoms with Gasteiger partial charge < -0.3 is 33.6 Å². The Kier molecular flexibility index (Phi) is 14.0. The molecule has 4 aromatic rings. The highest BCUT2D eigenvalue weighted by Gasteiger charge is 2.66. The molecule has 5 atom stereocenters. The number of methoxy groups -OCH3 is 1. The molecule has 1 aliphatic heterocycles. The van der Waals surface area contributed by atoms with Gasteiger partial charge >= 0.3 is 6.16 Å². The summed E-state index contributed by atoms with van der Waals surface area (Å²) in [5.74, 6) is -1.62. The standard InChI is InChI=1S/C47H50ClF2N3O10/c1-29-20-33(13-18-40(29)59-3)25-51(36-14-15-36)45(55)30(2)44-47(23-32-11-9-31(10-12-32)7-5-19-60-43-39(50)17-16-38(49)42(43)48)24-35(22-41(47)52(44)28-54)26-61-46(56)63-37-8-4-6-34(21-37)27-62-53(57)58/h4,6,8-13,16-18,20-21,28,30,35-36,41,44H,5,7,14-15,19,22-27H2,1-3H3. The molecule has 0 aromatic heterocycles. The molecule has 0 radical (unpaired) electrons. The third-order valence-corrected chi connectivity index (χ3v) is 12.9. The van der Waals surface area contributed by atoms with Gasteiger partial charge in [-0.25, -0.2) is 13.6 Å². The van der Waals surface area contributed by atoms with Crippen molar-refractivity contribution in [3.63, 3.8) is 0 Å². The van der Waals surface area contributed by atoms with Crippen LogP contribution in [0.15, 0.2) is 78.9 Å². The van der Waals surface area contributed by atoms with Crippen molar-refractivity contribution in [3.8, 4) is 17.2 Å². The van der Waals surface area contributed by atoms with Crippen molar-refractivity contribution in [1.82, 2.24) is 9.80 Å². The van der Waals surface area contributed by atoms with Crippen LogP contribution in [0.2, 0.25) is 5.02 Å². The predicted octanol–water partition coefficient (Wildman–Crippen LogP) is 8.85. The Balaban J connectivity index is 1.06. The van der Waals surface area contributed by atoms with E-state index in [0.29, 0.717) is 44.2 Å². The van der Waals surface area contributed by atoms with E-state index < -0.39 is 45.3 Å². The molecule has 63 heavy (non-hydrogen) atoms. The number of carbonyl (C=O) groups excluding carboxylic acids is 3. The van der Waals surface area contributed by atoms with Gasteiger partial charge in [-0.2, -0.15) is 0 Å². The molecular formula is C47H50ClF2N3O10. The zero-order valence-electron chi connectivity index (χ0n) is 35.3. The van der Waals surface area contributed by atoms with Gasteiger partial charge in [-0.1, -0.05) is 67.1 Å². The number of likely N-dealkylation sites (tertiary alicyclic amines) is 1. The molecule has 7 rings (SSSR count). The molecule has 3 aliphatic rings. The maximum Gasteiger partial charge on any atom is 0.513 e. The zero-order valence-corrected chi connectivity index (χ0v) is 36.1. The lowest BCUT2D eigenvalue weighted by atomic mass is 9.59. The number of fused-ring (bicyclic) bond motifs is 1. The monoisotopic (exact) mass is 889 g/mol. The first-order valence-corrected chi connectivity index (χ1v) is 21.4. The summed E-state index contributed by atoms with van der Waals surface area (Å²) in [4.78, 5) is 59.3. The molecule has 0 bridgehead atoms. The fourth-order valence-corrected chi connectivity index (χ4v) is 9.81. The first kappa shape index (κ1) is 45.1. The number of amides is 2. The number of halogens is 3. The van der Waals surface area contributed by atoms with Crippen LogP contribution >= 0.6 is 11.6 Å². The predicted molar refractivity (Wildman–Crippen MR) is 227 cm³/mol. The summed E-state index contributed by atoms with van der Waals surface area (Å²) in [6.07, 6.45) is 4.52. The van der Waals surface area contributed by atoms with Crippen LogP contribution in [0.3, 0.4) is 0 Å². The molecule has 13 nitrogen and oxygen atoms in total. The molecule has 2 saturated carbocycles. The lowest BCUT2D eigenvalue weighted by Crippen LogP contribution is -2.72. The molecule has 0 spiro atoms. The molecule has 2 aliphatic carbocycles. The summed E-state index contributed by atoms with van der Waals surface area (Å²) in [6.45, 7) is 4.14. The van der Waals surface area contributed by atoms with Crippen LogP contribution in [0, 0.1) is 45.9 Å². The summed E-state index contributed by atoms with van der Waals surface area (Å²) < 4.78 is 50.0. The summed E-state index contributed by atoms with van der Waals surface area (Å²) in [6, 6.07) is 21.5. The molecular weight excluding hydrogens is 840 g/mol. The van der Waals surface area contributed by atoms with Crippen molar-refractivity contribution in [2.24, 2.45) is 17.3 Å². The fourth-order valence-electron chi connectivity index (χ4n) is 9.61. The van der Waals surface area contributed by atoms with E-state index in [1.807, 2.05) is 61.2 Å². The van der Waals surface area contributed by atoms with E-state index in [1.165, 1.54) is 12.1 Å². The largest absolute Gasteiger partial charge is 0.513 e. The quantitative estimate of drug-likeness (QED) is 0.0160. The minimum absolute atomic E-state index is 0.0136. The van der Waals surface area contributed by atoms with E-state index in [1.54, 1.807) is 24.1 Å². The van der Waals surface area contributed by atoms with Gasteiger partial charge in [-0.3, -0.25) is 9.59 Å². The highest BCUT2D eigenvalue weighted by Crippen LogP contribution is 2.60. The number of hydrogen-bond acceptors (Lipinski definition) is 10. The number of ether oxygens (including phenoxy) is 4. The van der Waals surface area contributed by atoms with Crippen LogP contribution in [-0.2, 0) is 45.2 Å². The lowest BCUT2D eigenvalue weighted by Gasteiger charge is -2.62. The first-order valence-electron chi connectivity index (χ1n) is 21.0. The molecule has 2 amide bonds. The molecule has 3 fully saturated rings. The van der Waals surface area contributed by atoms with E-state index in [2.05, 4.69) is 4.84 Å². The van der Waals surface area contributed by atoms with E-state index >= 15 is 0 Å². The van der Waals surface area contributed by atoms with E-state index in [-0.39, 0.29) is 55.2 Å². The molecule has 4 aromatic carbocycles. The number of hydrogen-bond donors (Lipinski definition) is 0. The Hall–Kier alpha value is -5.96. The Morgan fingerprint density at radius 2 is 1.75 bits per heavy atom. The Morgan fingerprint density at radius 1 is 1.02 bits per heavy atom. The average molecular weight is 890 g/mol. The first-order chi connectivity index (χ1) is 30.3. The van der Waals surface area contributed by atoms with Crippen molar-refractivity contribution < 1.29 is 52.0 Å². The van der Waals surface area contributed by atoms with Crippen molar-refractivity contribution >= 4 is 30.1 Å². The van der Waals surface area contributed by atoms with Crippen LogP contribution in [0.5, 0.6) is 17.2 Å². The Bertz CT molecular complexity index is 2310. The Morgan fingerprint density at radius 3 is 2.44 bits per heavy atom. The maximum atomic E-state index is 14.7. The van der Waals surface area contributed by atoms with Crippen LogP contribution < -0.4 is 14.2 Å². The van der Waals surface area contributed by atoms with Crippen LogP contribution in [-0.4, -0.2) is 71.8 Å². The van der Waals surface area contributed by atoms with Gasteiger partial charge in [0.2, 0.25) is 12.3 Å². The van der Waals surface area contributed by atoms with Gasteiger partial charge in [0.1, 0.15) is 28.9 Å². The lowest BCUT2D eigenvalue weighted by molar-refractivity contribution is -0.763. The van der Waals surface area contributed by atoms with Gasteiger partial charge in [0.25, 0.3) is 5.09 Å². The van der Waals surface area contributed by atoms with Gasteiger partial charge in [-0.05, 0) is 116 Å². The molecule has 5 unspecified atom stereocenters. The minimum Gasteiger partial charge on any atom is -0.496 e. The average Bonchev–Trinajstić information content (AvgIpc) is 4.07. The van der Waals surface area contributed by atoms with Crippen molar-refractivity contribution in [1.29, 1.82) is 0 Å². The summed E-state index contributed by atoms with van der Waals surface area (Å²) in [7, 11) is 1.63. The molecule has 0 N–H and O–H groups in total. The Labute approximate surface area is 369 Å². The second kappa shape index (κ2) is 19.6. The SMILES string of the molecule is COc1ccc(CN(C(=O)C(C)C2N(C=O)C3CC(COC(=O)Oc4cccc(CO[N+](=O)[O-])c4)CC32Cc2ccc(CCCOc3c(F)ccc(F)c3Cl)cc2)C2CC2)cc1C. The van der Waals surface area contributed by atoms with Crippen molar-refractivity contribution in [3.05, 3.63) is 133 Å². The molecule has 1 saturated heterocycles. The number of carbonyl (C=O) groups is 3. The van der Waals surface area contributed by atoms with Crippen molar-refractivity contribution in [2.45, 2.75) is 90.1 Å². The normalized spacial score (nSPS) is 20.5. The minimum atomic E-state index is -0.943. The smallest absolute Gasteiger partial charge is 0.496 e. The third-order valence-electron chi connectivity index (χ3n) is 12.5. The number of benzene rings is 4. The van der Waals surface area contributed by atoms with E-state index in [9.17, 15) is 33.3 Å². The molecule has 334 valence electrons. The fraction of sp³-hybridized carbons (Fsp3) is 0.426. The maximum absolute atomic E-state index is 14.7. The molecule has 1 heterocycles. The van der Waals surface area contributed by atoms with Gasteiger partial charge in [-0.15, -0.1) is 10.1 Å². The second-order valence-electron chi connectivity index (χ2n) is 16.8. The van der Waals surface area contributed by atoms with Gasteiger partial charge in [0.15, 0.2) is 11.6 Å². The van der Waals surface area contributed by atoms with Gasteiger partial charge in [0, 0.05) is 24.0 Å².